The fraction of sp³-hybridized carbons (Fsp3) is 0.529. The van der Waals surface area contributed by atoms with Crippen LogP contribution in [-0.4, -0.2) is 15.1 Å². The summed E-state index contributed by atoms with van der Waals surface area (Å²) in [7, 11) is 0. The van der Waals surface area contributed by atoms with Crippen LogP contribution in [0.2, 0.25) is 0 Å². The second-order valence-electron chi connectivity index (χ2n) is 5.47. The molecule has 0 radical (unpaired) electrons. The molecule has 0 aliphatic rings. The van der Waals surface area contributed by atoms with E-state index in [0.29, 0.717) is 5.92 Å². The molecule has 0 saturated carbocycles. The Morgan fingerprint density at radius 2 is 1.85 bits per heavy atom. The van der Waals surface area contributed by atoms with Crippen molar-refractivity contribution in [2.24, 2.45) is 5.92 Å². The molecule has 2 unspecified atom stereocenters. The van der Waals surface area contributed by atoms with Gasteiger partial charge in [-0.05, 0) is 30.0 Å². The van der Waals surface area contributed by atoms with Crippen LogP contribution >= 0.6 is 0 Å². The predicted octanol–water partition coefficient (Wildman–Crippen LogP) is 4.27. The standard InChI is InChI=1S/C17H24N2O/c1-3-5-6-13(4-2)11-17(20)14-7-8-15-16(12-14)19-10-9-18-15/h7-10,12-13,17,20H,3-6,11H2,1-2H3. The molecular weight excluding hydrogens is 248 g/mol. The monoisotopic (exact) mass is 272 g/mol. The Kier molecular flexibility index (Phi) is 5.48. The third-order valence-corrected chi connectivity index (χ3v) is 3.98. The van der Waals surface area contributed by atoms with Crippen LogP contribution in [0.15, 0.2) is 30.6 Å². The molecule has 0 aliphatic heterocycles. The Morgan fingerprint density at radius 1 is 1.10 bits per heavy atom. The summed E-state index contributed by atoms with van der Waals surface area (Å²) in [5.74, 6) is 0.600. The average Bonchev–Trinajstić information content (AvgIpc) is 2.50. The van der Waals surface area contributed by atoms with Crippen molar-refractivity contribution in [3.63, 3.8) is 0 Å². The molecule has 3 nitrogen and oxygen atoms in total. The van der Waals surface area contributed by atoms with Crippen LogP contribution in [0.1, 0.15) is 57.6 Å². The zero-order chi connectivity index (χ0) is 14.4. The zero-order valence-corrected chi connectivity index (χ0v) is 12.4. The van der Waals surface area contributed by atoms with Crippen LogP contribution in [0.5, 0.6) is 0 Å². The van der Waals surface area contributed by atoms with Gasteiger partial charge in [0.2, 0.25) is 0 Å². The number of hydrogen-bond acceptors (Lipinski definition) is 3. The molecule has 1 N–H and O–H groups in total. The van der Waals surface area contributed by atoms with E-state index in [-0.39, 0.29) is 0 Å². The minimum Gasteiger partial charge on any atom is -0.388 e. The van der Waals surface area contributed by atoms with Crippen LogP contribution in [-0.2, 0) is 0 Å². The Hall–Kier alpha value is -1.48. The largest absolute Gasteiger partial charge is 0.388 e. The fourth-order valence-corrected chi connectivity index (χ4v) is 2.62. The van der Waals surface area contributed by atoms with Gasteiger partial charge in [-0.25, -0.2) is 0 Å². The highest BCUT2D eigenvalue weighted by atomic mass is 16.3. The average molecular weight is 272 g/mol. The van der Waals surface area contributed by atoms with Crippen molar-refractivity contribution < 1.29 is 5.11 Å². The molecule has 1 heterocycles. The van der Waals surface area contributed by atoms with Gasteiger partial charge in [0.15, 0.2) is 0 Å². The van der Waals surface area contributed by atoms with E-state index in [0.717, 1.165) is 29.4 Å². The van der Waals surface area contributed by atoms with Crippen molar-refractivity contribution in [2.75, 3.05) is 0 Å². The number of hydrogen-bond donors (Lipinski definition) is 1. The van der Waals surface area contributed by atoms with Crippen molar-refractivity contribution >= 4 is 11.0 Å². The Bertz CT molecular complexity index is 541. The topological polar surface area (TPSA) is 46.0 Å². The van der Waals surface area contributed by atoms with Gasteiger partial charge < -0.3 is 5.11 Å². The van der Waals surface area contributed by atoms with Crippen molar-refractivity contribution in [3.05, 3.63) is 36.2 Å². The van der Waals surface area contributed by atoms with Crippen LogP contribution in [0, 0.1) is 5.92 Å². The molecule has 2 atom stereocenters. The summed E-state index contributed by atoms with van der Waals surface area (Å²) in [6.45, 7) is 4.42. The van der Waals surface area contributed by atoms with Gasteiger partial charge in [-0.1, -0.05) is 45.6 Å². The molecule has 0 saturated heterocycles. The van der Waals surface area contributed by atoms with Gasteiger partial charge in [0.1, 0.15) is 0 Å². The van der Waals surface area contributed by atoms with Gasteiger partial charge in [0.25, 0.3) is 0 Å². The van der Waals surface area contributed by atoms with Crippen LogP contribution < -0.4 is 0 Å². The summed E-state index contributed by atoms with van der Waals surface area (Å²) in [6, 6.07) is 5.86. The normalized spacial score (nSPS) is 14.3. The number of unbranched alkanes of at least 4 members (excludes halogenated alkanes) is 1. The smallest absolute Gasteiger partial charge is 0.0890 e. The van der Waals surface area contributed by atoms with Gasteiger partial charge in [-0.3, -0.25) is 9.97 Å². The summed E-state index contributed by atoms with van der Waals surface area (Å²) < 4.78 is 0. The van der Waals surface area contributed by atoms with Gasteiger partial charge in [-0.2, -0.15) is 0 Å². The molecule has 20 heavy (non-hydrogen) atoms. The highest BCUT2D eigenvalue weighted by Gasteiger charge is 2.15. The lowest BCUT2D eigenvalue weighted by atomic mass is 9.90. The van der Waals surface area contributed by atoms with Gasteiger partial charge >= 0.3 is 0 Å². The molecule has 0 spiro atoms. The first-order valence-electron chi connectivity index (χ1n) is 7.63. The molecule has 0 aliphatic carbocycles. The molecule has 3 heteroatoms. The van der Waals surface area contributed by atoms with Crippen molar-refractivity contribution in [3.8, 4) is 0 Å². The Morgan fingerprint density at radius 3 is 2.55 bits per heavy atom. The molecule has 0 fully saturated rings. The van der Waals surface area contributed by atoms with Crippen LogP contribution in [0.4, 0.5) is 0 Å². The second kappa shape index (κ2) is 7.34. The van der Waals surface area contributed by atoms with Crippen LogP contribution in [0.3, 0.4) is 0 Å². The molecule has 0 amide bonds. The van der Waals surface area contributed by atoms with Crippen molar-refractivity contribution in [2.45, 2.75) is 52.1 Å². The molecule has 108 valence electrons. The number of fused-ring (bicyclic) bond motifs is 1. The maximum absolute atomic E-state index is 10.4. The minimum absolute atomic E-state index is 0.400. The van der Waals surface area contributed by atoms with E-state index in [4.69, 9.17) is 0 Å². The van der Waals surface area contributed by atoms with Gasteiger partial charge in [0, 0.05) is 12.4 Å². The minimum atomic E-state index is -0.400. The number of rotatable bonds is 7. The van der Waals surface area contributed by atoms with Crippen LogP contribution in [0.25, 0.3) is 11.0 Å². The first-order chi connectivity index (χ1) is 9.74. The third-order valence-electron chi connectivity index (χ3n) is 3.98. The maximum atomic E-state index is 10.4. The van der Waals surface area contributed by atoms with E-state index < -0.39 is 6.10 Å². The summed E-state index contributed by atoms with van der Waals surface area (Å²) >= 11 is 0. The number of nitrogens with zero attached hydrogens (tertiary/aromatic N) is 2. The number of benzene rings is 1. The van der Waals surface area contributed by atoms with E-state index in [1.807, 2.05) is 18.2 Å². The number of aromatic nitrogens is 2. The molecule has 1 aromatic heterocycles. The lowest BCUT2D eigenvalue weighted by Crippen LogP contribution is -2.07. The highest BCUT2D eigenvalue weighted by Crippen LogP contribution is 2.27. The maximum Gasteiger partial charge on any atom is 0.0890 e. The zero-order valence-electron chi connectivity index (χ0n) is 12.4. The number of aliphatic hydroxyl groups excluding tert-OH is 1. The molecule has 2 rings (SSSR count). The van der Waals surface area contributed by atoms with E-state index in [2.05, 4.69) is 23.8 Å². The lowest BCUT2D eigenvalue weighted by Gasteiger charge is -2.19. The molecular formula is C17H24N2O. The molecule has 0 bridgehead atoms. The summed E-state index contributed by atoms with van der Waals surface area (Å²) in [4.78, 5) is 8.55. The van der Waals surface area contributed by atoms with Gasteiger partial charge in [0.05, 0.1) is 17.1 Å². The van der Waals surface area contributed by atoms with Crippen molar-refractivity contribution in [1.82, 2.24) is 9.97 Å². The first kappa shape index (κ1) is 14.9. The third kappa shape index (κ3) is 3.76. The lowest BCUT2D eigenvalue weighted by molar-refractivity contribution is 0.139. The first-order valence-corrected chi connectivity index (χ1v) is 7.63. The van der Waals surface area contributed by atoms with Crippen molar-refractivity contribution in [1.29, 1.82) is 0 Å². The Balaban J connectivity index is 2.07. The van der Waals surface area contributed by atoms with E-state index in [1.165, 1.54) is 19.3 Å². The number of aliphatic hydroxyl groups is 1. The fourth-order valence-electron chi connectivity index (χ4n) is 2.62. The van der Waals surface area contributed by atoms with E-state index in [1.54, 1.807) is 12.4 Å². The van der Waals surface area contributed by atoms with E-state index >= 15 is 0 Å². The quantitative estimate of drug-likeness (QED) is 0.818. The van der Waals surface area contributed by atoms with Gasteiger partial charge in [-0.15, -0.1) is 0 Å². The summed E-state index contributed by atoms with van der Waals surface area (Å²) in [6.07, 6.45) is 8.62. The SMILES string of the molecule is CCCCC(CC)CC(O)c1ccc2nccnc2c1. The van der Waals surface area contributed by atoms with E-state index in [9.17, 15) is 5.11 Å². The molecule has 2 aromatic rings. The summed E-state index contributed by atoms with van der Waals surface area (Å²) in [5.41, 5.74) is 2.68. The predicted molar refractivity (Wildman–Crippen MR) is 82.4 cm³/mol. The summed E-state index contributed by atoms with van der Waals surface area (Å²) in [5, 5.41) is 10.4. The Labute approximate surface area is 121 Å². The highest BCUT2D eigenvalue weighted by molar-refractivity contribution is 5.74. The molecule has 1 aromatic carbocycles. The second-order valence-corrected chi connectivity index (χ2v) is 5.47.